The average molecular weight is 186 g/mol. The third kappa shape index (κ3) is 2.24. The Morgan fingerprint density at radius 2 is 1.71 bits per heavy atom. The van der Waals surface area contributed by atoms with Crippen molar-refractivity contribution in [1.82, 2.24) is 0 Å². The van der Waals surface area contributed by atoms with E-state index in [1.54, 1.807) is 24.3 Å². The minimum absolute atomic E-state index is 0.156. The first-order chi connectivity index (χ1) is 6.79. The Labute approximate surface area is 82.8 Å². The van der Waals surface area contributed by atoms with Crippen LogP contribution in [-0.2, 0) is 0 Å². The van der Waals surface area contributed by atoms with Crippen LogP contribution in [0.3, 0.4) is 0 Å². The van der Waals surface area contributed by atoms with E-state index in [0.717, 1.165) is 0 Å². The molecule has 0 amide bonds. The van der Waals surface area contributed by atoms with Gasteiger partial charge in [0.05, 0.1) is 12.1 Å². The van der Waals surface area contributed by atoms with Crippen molar-refractivity contribution < 1.29 is 5.11 Å². The maximum atomic E-state index is 9.52. The molecule has 0 radical (unpaired) electrons. The third-order valence-electron chi connectivity index (χ3n) is 2.05. The molecule has 0 saturated heterocycles. The molecule has 0 aliphatic heterocycles. The van der Waals surface area contributed by atoms with Gasteiger partial charge in [0.25, 0.3) is 0 Å². The van der Waals surface area contributed by atoms with E-state index in [-0.39, 0.29) is 24.5 Å². The Hall–Kier alpha value is -2.00. The van der Waals surface area contributed by atoms with Gasteiger partial charge in [-0.15, -0.1) is 0 Å². The molecule has 3 heteroatoms. The number of nitrogens with zero attached hydrogens (tertiary/aromatic N) is 2. The molecule has 0 heterocycles. The quantitative estimate of drug-likeness (QED) is 0.787. The van der Waals surface area contributed by atoms with Crippen molar-refractivity contribution in [3.8, 4) is 17.9 Å². The lowest BCUT2D eigenvalue weighted by Gasteiger charge is -2.11. The highest BCUT2D eigenvalue weighted by molar-refractivity contribution is 5.35. The van der Waals surface area contributed by atoms with Gasteiger partial charge in [-0.3, -0.25) is 0 Å². The third-order valence-corrected chi connectivity index (χ3v) is 2.05. The van der Waals surface area contributed by atoms with Crippen molar-refractivity contribution in [3.05, 3.63) is 29.8 Å². The van der Waals surface area contributed by atoms with E-state index in [2.05, 4.69) is 0 Å². The van der Waals surface area contributed by atoms with Crippen LogP contribution in [0.15, 0.2) is 24.3 Å². The fourth-order valence-corrected chi connectivity index (χ4v) is 1.35. The van der Waals surface area contributed by atoms with Gasteiger partial charge in [-0.25, -0.2) is 0 Å². The summed E-state index contributed by atoms with van der Waals surface area (Å²) in [7, 11) is 0. The van der Waals surface area contributed by atoms with E-state index in [1.807, 2.05) is 12.1 Å². The predicted molar refractivity (Wildman–Crippen MR) is 51.3 cm³/mol. The number of benzene rings is 1. The molecule has 0 atom stereocenters. The Kier molecular flexibility index (Phi) is 3.52. The zero-order valence-corrected chi connectivity index (χ0v) is 7.64. The molecule has 1 rings (SSSR count). The molecule has 14 heavy (non-hydrogen) atoms. The van der Waals surface area contributed by atoms with Crippen LogP contribution in [0, 0.1) is 22.7 Å². The van der Waals surface area contributed by atoms with Gasteiger partial charge in [0.15, 0.2) is 0 Å². The Bertz CT molecular complexity index is 371. The van der Waals surface area contributed by atoms with Crippen molar-refractivity contribution in [2.24, 2.45) is 0 Å². The lowest BCUT2D eigenvalue weighted by molar-refractivity contribution is 0.461. The van der Waals surface area contributed by atoms with Crippen LogP contribution < -0.4 is 0 Å². The summed E-state index contributed by atoms with van der Waals surface area (Å²) in [5.74, 6) is -0.0331. The summed E-state index contributed by atoms with van der Waals surface area (Å²) >= 11 is 0. The zero-order valence-electron chi connectivity index (χ0n) is 7.64. The van der Waals surface area contributed by atoms with Crippen LogP contribution in [-0.4, -0.2) is 5.11 Å². The van der Waals surface area contributed by atoms with Crippen molar-refractivity contribution in [1.29, 1.82) is 10.5 Å². The SMILES string of the molecule is N#CCC(CC#N)c1ccccc1O. The first-order valence-electron chi connectivity index (χ1n) is 4.31. The highest BCUT2D eigenvalue weighted by atomic mass is 16.3. The molecule has 1 N–H and O–H groups in total. The number of hydrogen-bond acceptors (Lipinski definition) is 3. The van der Waals surface area contributed by atoms with Gasteiger partial charge in [0, 0.05) is 18.8 Å². The van der Waals surface area contributed by atoms with E-state index in [0.29, 0.717) is 5.56 Å². The molecule has 0 aliphatic rings. The maximum absolute atomic E-state index is 9.52. The second kappa shape index (κ2) is 4.89. The van der Waals surface area contributed by atoms with Crippen molar-refractivity contribution in [3.63, 3.8) is 0 Å². The minimum Gasteiger partial charge on any atom is -0.508 e. The number of rotatable bonds is 3. The molecule has 1 aromatic carbocycles. The number of nitriles is 2. The van der Waals surface area contributed by atoms with Crippen LogP contribution >= 0.6 is 0 Å². The van der Waals surface area contributed by atoms with E-state index < -0.39 is 0 Å². The Morgan fingerprint density at radius 3 is 2.21 bits per heavy atom. The lowest BCUT2D eigenvalue weighted by Crippen LogP contribution is -1.96. The standard InChI is InChI=1S/C11H10N2O/c12-7-5-9(6-8-13)10-3-1-2-4-11(10)14/h1-4,9,14H,5-6H2. The molecule has 0 unspecified atom stereocenters. The van der Waals surface area contributed by atoms with Crippen molar-refractivity contribution >= 4 is 0 Å². The zero-order chi connectivity index (χ0) is 10.4. The summed E-state index contributed by atoms with van der Waals surface area (Å²) in [5, 5.41) is 26.7. The second-order valence-corrected chi connectivity index (χ2v) is 2.98. The van der Waals surface area contributed by atoms with Crippen molar-refractivity contribution in [2.75, 3.05) is 0 Å². The van der Waals surface area contributed by atoms with Gasteiger partial charge < -0.3 is 5.11 Å². The number of hydrogen-bond donors (Lipinski definition) is 1. The number of para-hydroxylation sites is 1. The number of phenols is 1. The molecule has 0 aliphatic carbocycles. The van der Waals surface area contributed by atoms with Crippen LogP contribution in [0.4, 0.5) is 0 Å². The molecule has 0 aromatic heterocycles. The summed E-state index contributed by atoms with van der Waals surface area (Å²) in [6, 6.07) is 10.8. The van der Waals surface area contributed by atoms with Crippen LogP contribution in [0.2, 0.25) is 0 Å². The van der Waals surface area contributed by atoms with Gasteiger partial charge in [0.2, 0.25) is 0 Å². The first kappa shape index (κ1) is 10.1. The fourth-order valence-electron chi connectivity index (χ4n) is 1.35. The minimum atomic E-state index is -0.189. The Morgan fingerprint density at radius 1 is 1.14 bits per heavy atom. The van der Waals surface area contributed by atoms with Gasteiger partial charge in [-0.2, -0.15) is 10.5 Å². The molecule has 1 aromatic rings. The van der Waals surface area contributed by atoms with Gasteiger partial charge in [0.1, 0.15) is 5.75 Å². The lowest BCUT2D eigenvalue weighted by atomic mass is 9.93. The molecule has 0 spiro atoms. The molecule has 0 bridgehead atoms. The summed E-state index contributed by atoms with van der Waals surface area (Å²) < 4.78 is 0. The fraction of sp³-hybridized carbons (Fsp3) is 0.273. The second-order valence-electron chi connectivity index (χ2n) is 2.98. The van der Waals surface area contributed by atoms with Gasteiger partial charge in [-0.1, -0.05) is 18.2 Å². The van der Waals surface area contributed by atoms with Gasteiger partial charge in [-0.05, 0) is 11.6 Å². The Balaban J connectivity index is 2.95. The topological polar surface area (TPSA) is 67.8 Å². The van der Waals surface area contributed by atoms with E-state index in [9.17, 15) is 5.11 Å². The normalized spacial score (nSPS) is 9.36. The molecular weight excluding hydrogens is 176 g/mol. The van der Waals surface area contributed by atoms with Crippen molar-refractivity contribution in [2.45, 2.75) is 18.8 Å². The van der Waals surface area contributed by atoms with E-state index in [1.165, 1.54) is 0 Å². The molecule has 3 nitrogen and oxygen atoms in total. The summed E-state index contributed by atoms with van der Waals surface area (Å²) in [6.45, 7) is 0. The molecule has 0 fully saturated rings. The molecular formula is C11H10N2O. The average Bonchev–Trinajstić information content (AvgIpc) is 2.18. The summed E-state index contributed by atoms with van der Waals surface area (Å²) in [5.41, 5.74) is 0.676. The van der Waals surface area contributed by atoms with Gasteiger partial charge >= 0.3 is 0 Å². The highest BCUT2D eigenvalue weighted by Crippen LogP contribution is 2.29. The van der Waals surface area contributed by atoms with Crippen LogP contribution in [0.25, 0.3) is 0 Å². The number of aromatic hydroxyl groups is 1. The molecule has 70 valence electrons. The summed E-state index contributed by atoms with van der Waals surface area (Å²) in [6.07, 6.45) is 0.510. The van der Waals surface area contributed by atoms with E-state index in [4.69, 9.17) is 10.5 Å². The van der Waals surface area contributed by atoms with Crippen LogP contribution in [0.1, 0.15) is 24.3 Å². The van der Waals surface area contributed by atoms with E-state index >= 15 is 0 Å². The van der Waals surface area contributed by atoms with Crippen LogP contribution in [0.5, 0.6) is 5.75 Å². The maximum Gasteiger partial charge on any atom is 0.119 e. The highest BCUT2D eigenvalue weighted by Gasteiger charge is 2.13. The monoisotopic (exact) mass is 186 g/mol. The first-order valence-corrected chi connectivity index (χ1v) is 4.31. The predicted octanol–water partition coefficient (Wildman–Crippen LogP) is 2.30. The molecule has 0 saturated carbocycles. The smallest absolute Gasteiger partial charge is 0.119 e. The largest absolute Gasteiger partial charge is 0.508 e. The number of phenolic OH excluding ortho intramolecular Hbond substituents is 1. The summed E-state index contributed by atoms with van der Waals surface area (Å²) in [4.78, 5) is 0.